The molecule has 11 heteroatoms. The first-order chi connectivity index (χ1) is 15.1. The fraction of sp³-hybridized carbons (Fsp3) is 0.333. The fourth-order valence-electron chi connectivity index (χ4n) is 3.03. The summed E-state index contributed by atoms with van der Waals surface area (Å²) in [4.78, 5) is 48.3. The van der Waals surface area contributed by atoms with Crippen LogP contribution in [0.1, 0.15) is 42.5 Å². The third-order valence-corrected chi connectivity index (χ3v) is 5.94. The van der Waals surface area contributed by atoms with Crippen LogP contribution in [0, 0.1) is 0 Å². The largest absolute Gasteiger partial charge is 0.491 e. The van der Waals surface area contributed by atoms with Crippen molar-refractivity contribution in [2.75, 3.05) is 13.1 Å². The summed E-state index contributed by atoms with van der Waals surface area (Å²) in [7, 11) is 0. The van der Waals surface area contributed by atoms with Gasteiger partial charge in [-0.1, -0.05) is 24.3 Å². The van der Waals surface area contributed by atoms with Crippen LogP contribution in [-0.2, 0) is 33.7 Å². The van der Waals surface area contributed by atoms with Gasteiger partial charge in [0.05, 0.1) is 17.8 Å². The normalized spacial score (nSPS) is 13.2. The standard InChI is InChI=1S/C21H19F3N2O5S/c22-21(23,24)20(30)31-18(28)6-3-12-1-4-13(5-2-12)15(27)11-26-19(29)17-9-14-10-25-8-7-16(14)32-17/h1-2,4-5,9,25H,3,6-8,10-11H2,(H,26,29). The Morgan fingerprint density at radius 3 is 2.50 bits per heavy atom. The first-order valence-corrected chi connectivity index (χ1v) is 10.5. The van der Waals surface area contributed by atoms with Gasteiger partial charge < -0.3 is 15.4 Å². The number of hydrogen-bond acceptors (Lipinski definition) is 7. The van der Waals surface area contributed by atoms with Crippen LogP contribution in [0.5, 0.6) is 0 Å². The molecule has 0 saturated heterocycles. The minimum Gasteiger partial charge on any atom is -0.386 e. The van der Waals surface area contributed by atoms with Crippen molar-refractivity contribution in [1.29, 1.82) is 0 Å². The summed E-state index contributed by atoms with van der Waals surface area (Å²) in [6, 6.07) is 7.88. The highest BCUT2D eigenvalue weighted by atomic mass is 32.1. The number of hydrogen-bond donors (Lipinski definition) is 2. The molecule has 0 bridgehead atoms. The molecular formula is C21H19F3N2O5S. The third kappa shape index (κ3) is 6.24. The lowest BCUT2D eigenvalue weighted by molar-refractivity contribution is -0.201. The number of carbonyl (C=O) groups excluding carboxylic acids is 4. The summed E-state index contributed by atoms with van der Waals surface area (Å²) in [5.41, 5.74) is 2.00. The van der Waals surface area contributed by atoms with Gasteiger partial charge in [-0.15, -0.1) is 11.3 Å². The van der Waals surface area contributed by atoms with Crippen LogP contribution in [0.4, 0.5) is 13.2 Å². The minimum absolute atomic E-state index is 0.0348. The summed E-state index contributed by atoms with van der Waals surface area (Å²) in [6.07, 6.45) is -4.75. The molecule has 0 fully saturated rings. The lowest BCUT2D eigenvalue weighted by atomic mass is 10.0. The maximum absolute atomic E-state index is 12.3. The molecule has 0 spiro atoms. The molecule has 32 heavy (non-hydrogen) atoms. The van der Waals surface area contributed by atoms with E-state index in [0.717, 1.165) is 25.1 Å². The number of ketones is 1. The zero-order valence-electron chi connectivity index (χ0n) is 16.7. The number of Topliss-reactive ketones (excluding diaryl/α,β-unsaturated/α-hetero) is 1. The van der Waals surface area contributed by atoms with Crippen LogP contribution < -0.4 is 10.6 Å². The number of alkyl halides is 3. The molecule has 1 aromatic carbocycles. The van der Waals surface area contributed by atoms with Crippen molar-refractivity contribution in [3.05, 3.63) is 56.8 Å². The van der Waals surface area contributed by atoms with Gasteiger partial charge in [0.2, 0.25) is 0 Å². The predicted molar refractivity (Wildman–Crippen MR) is 108 cm³/mol. The molecule has 170 valence electrons. The molecule has 1 aromatic heterocycles. The van der Waals surface area contributed by atoms with E-state index in [1.54, 1.807) is 0 Å². The molecule has 2 aromatic rings. The van der Waals surface area contributed by atoms with Gasteiger partial charge in [0, 0.05) is 23.5 Å². The first kappa shape index (κ1) is 23.6. The van der Waals surface area contributed by atoms with Crippen molar-refractivity contribution in [3.63, 3.8) is 0 Å². The Bertz CT molecular complexity index is 1010. The van der Waals surface area contributed by atoms with E-state index in [-0.39, 0.29) is 24.7 Å². The highest BCUT2D eigenvalue weighted by molar-refractivity contribution is 7.14. The minimum atomic E-state index is -5.23. The monoisotopic (exact) mass is 468 g/mol. The Morgan fingerprint density at radius 1 is 1.12 bits per heavy atom. The van der Waals surface area contributed by atoms with E-state index in [0.29, 0.717) is 16.0 Å². The molecule has 0 saturated carbocycles. The lowest BCUT2D eigenvalue weighted by Crippen LogP contribution is -2.29. The van der Waals surface area contributed by atoms with E-state index in [2.05, 4.69) is 15.4 Å². The molecule has 1 amide bonds. The Kier molecular flexibility index (Phi) is 7.41. The zero-order valence-corrected chi connectivity index (χ0v) is 17.5. The summed E-state index contributed by atoms with van der Waals surface area (Å²) < 4.78 is 39.9. The number of fused-ring (bicyclic) bond motifs is 1. The van der Waals surface area contributed by atoms with E-state index >= 15 is 0 Å². The van der Waals surface area contributed by atoms with Crippen LogP contribution in [0.2, 0.25) is 0 Å². The van der Waals surface area contributed by atoms with Gasteiger partial charge in [-0.3, -0.25) is 14.4 Å². The Labute approximate surface area is 184 Å². The summed E-state index contributed by atoms with van der Waals surface area (Å²) >= 11 is 1.42. The second kappa shape index (κ2) is 10.0. The van der Waals surface area contributed by atoms with Gasteiger partial charge >= 0.3 is 18.1 Å². The molecule has 1 aliphatic rings. The second-order valence-electron chi connectivity index (χ2n) is 7.05. The number of amides is 1. The maximum atomic E-state index is 12.3. The number of esters is 2. The highest BCUT2D eigenvalue weighted by Gasteiger charge is 2.42. The molecule has 3 rings (SSSR count). The van der Waals surface area contributed by atoms with Gasteiger partial charge in [-0.25, -0.2) is 4.79 Å². The van der Waals surface area contributed by atoms with Crippen molar-refractivity contribution in [1.82, 2.24) is 10.6 Å². The lowest BCUT2D eigenvalue weighted by Gasteiger charge is -2.10. The van der Waals surface area contributed by atoms with Crippen LogP contribution in [0.25, 0.3) is 0 Å². The second-order valence-corrected chi connectivity index (χ2v) is 8.18. The fourth-order valence-corrected chi connectivity index (χ4v) is 4.13. The summed E-state index contributed by atoms with van der Waals surface area (Å²) in [5.74, 6) is -4.48. The maximum Gasteiger partial charge on any atom is 0.491 e. The van der Waals surface area contributed by atoms with Crippen molar-refractivity contribution in [3.8, 4) is 0 Å². The van der Waals surface area contributed by atoms with Gasteiger partial charge in [0.15, 0.2) is 5.78 Å². The molecule has 2 N–H and O–H groups in total. The van der Waals surface area contributed by atoms with E-state index in [9.17, 15) is 32.3 Å². The molecule has 7 nitrogen and oxygen atoms in total. The topological polar surface area (TPSA) is 102 Å². The smallest absolute Gasteiger partial charge is 0.386 e. The predicted octanol–water partition coefficient (Wildman–Crippen LogP) is 2.57. The van der Waals surface area contributed by atoms with E-state index < -0.39 is 24.5 Å². The number of thiophene rings is 1. The Hall–Kier alpha value is -3.05. The third-order valence-electron chi connectivity index (χ3n) is 4.71. The number of aryl methyl sites for hydroxylation is 1. The molecule has 0 radical (unpaired) electrons. The highest BCUT2D eigenvalue weighted by Crippen LogP contribution is 2.25. The molecule has 0 unspecified atom stereocenters. The van der Waals surface area contributed by atoms with E-state index in [1.807, 2.05) is 6.07 Å². The van der Waals surface area contributed by atoms with Gasteiger partial charge in [-0.2, -0.15) is 13.2 Å². The average Bonchev–Trinajstić information content (AvgIpc) is 3.20. The van der Waals surface area contributed by atoms with E-state index in [1.165, 1.54) is 40.5 Å². The van der Waals surface area contributed by atoms with Crippen molar-refractivity contribution >= 4 is 35.0 Å². The van der Waals surface area contributed by atoms with Gasteiger partial charge in [0.1, 0.15) is 0 Å². The Balaban J connectivity index is 1.46. The van der Waals surface area contributed by atoms with Gasteiger partial charge in [-0.05, 0) is 30.0 Å². The molecule has 1 aliphatic heterocycles. The number of rotatable bonds is 7. The summed E-state index contributed by atoms with van der Waals surface area (Å²) in [6.45, 7) is 1.40. The van der Waals surface area contributed by atoms with E-state index in [4.69, 9.17) is 0 Å². The number of carbonyl (C=O) groups is 4. The molecule has 2 heterocycles. The number of nitrogens with one attached hydrogen (secondary N) is 2. The van der Waals surface area contributed by atoms with Crippen molar-refractivity contribution in [2.45, 2.75) is 32.0 Å². The van der Waals surface area contributed by atoms with Crippen molar-refractivity contribution in [2.24, 2.45) is 0 Å². The number of benzene rings is 1. The quantitative estimate of drug-likeness (QED) is 0.368. The van der Waals surface area contributed by atoms with Crippen LogP contribution in [0.15, 0.2) is 30.3 Å². The number of halogens is 3. The first-order valence-electron chi connectivity index (χ1n) is 9.68. The number of ether oxygens (including phenoxy) is 1. The average molecular weight is 468 g/mol. The molecule has 0 atom stereocenters. The van der Waals surface area contributed by atoms with Gasteiger partial charge in [0.25, 0.3) is 5.91 Å². The summed E-state index contributed by atoms with van der Waals surface area (Å²) in [5, 5.41) is 5.84. The van der Waals surface area contributed by atoms with Crippen LogP contribution in [0.3, 0.4) is 0 Å². The SMILES string of the molecule is O=C(CCc1ccc(C(=O)CNC(=O)c2cc3c(s2)CCNC3)cc1)OC(=O)C(F)(F)F. The zero-order chi connectivity index (χ0) is 23.3. The molecular weight excluding hydrogens is 449 g/mol. The Morgan fingerprint density at radius 2 is 1.84 bits per heavy atom. The van der Waals surface area contributed by atoms with Crippen LogP contribution >= 0.6 is 11.3 Å². The molecule has 0 aliphatic carbocycles. The van der Waals surface area contributed by atoms with Crippen molar-refractivity contribution < 1.29 is 37.1 Å². The van der Waals surface area contributed by atoms with Crippen LogP contribution in [-0.4, -0.2) is 42.9 Å².